The van der Waals surface area contributed by atoms with Gasteiger partial charge in [-0.15, -0.1) is 5.10 Å². The monoisotopic (exact) mass is 392 g/mol. The minimum atomic E-state index is -5.00. The van der Waals surface area contributed by atoms with Crippen LogP contribution in [0.3, 0.4) is 0 Å². The van der Waals surface area contributed by atoms with Crippen molar-refractivity contribution < 1.29 is 26.0 Å². The molecule has 1 aliphatic carbocycles. The van der Waals surface area contributed by atoms with Gasteiger partial charge in [-0.25, -0.2) is 35.8 Å². The molecule has 1 saturated carbocycles. The molecule has 3 rings (SSSR count). The molecule has 2 N–H and O–H groups in total. The number of rotatable bonds is 4. The Morgan fingerprint density at radius 3 is 2.15 bits per heavy atom. The summed E-state index contributed by atoms with van der Waals surface area (Å²) in [6.07, 6.45) is 7.05. The van der Waals surface area contributed by atoms with Crippen LogP contribution >= 0.6 is 0 Å². The van der Waals surface area contributed by atoms with Crippen molar-refractivity contribution in [2.75, 3.05) is 0 Å². The predicted octanol–water partition coefficient (Wildman–Crippen LogP) is 2.59. The van der Waals surface area contributed by atoms with Crippen molar-refractivity contribution in [2.45, 2.75) is 43.4 Å². The van der Waals surface area contributed by atoms with E-state index in [9.17, 15) is 26.0 Å². The Hall–Kier alpha value is -2.01. The van der Waals surface area contributed by atoms with Crippen LogP contribution in [-0.4, -0.2) is 23.4 Å². The molecule has 11 heteroatoms. The van der Waals surface area contributed by atoms with Crippen LogP contribution in [0.5, 0.6) is 0 Å². The summed E-state index contributed by atoms with van der Waals surface area (Å²) in [6.45, 7) is 0. The van der Waals surface area contributed by atoms with Crippen molar-refractivity contribution in [2.24, 2.45) is 11.1 Å². The molecular formula is C15H16F4N4O2S. The van der Waals surface area contributed by atoms with E-state index in [1.165, 1.54) is 6.20 Å². The summed E-state index contributed by atoms with van der Waals surface area (Å²) in [5.74, 6) is -7.68. The second kappa shape index (κ2) is 6.95. The highest BCUT2D eigenvalue weighted by molar-refractivity contribution is 7.89. The molecule has 1 aromatic carbocycles. The largest absolute Gasteiger partial charge is 0.244 e. The van der Waals surface area contributed by atoms with Crippen LogP contribution in [0.2, 0.25) is 0 Å². The van der Waals surface area contributed by atoms with Gasteiger partial charge in [0.05, 0.1) is 11.9 Å². The van der Waals surface area contributed by atoms with E-state index in [0.717, 1.165) is 32.1 Å². The Bertz CT molecular complexity index is 910. The summed E-state index contributed by atoms with van der Waals surface area (Å²) in [7, 11) is -5.00. The normalized spacial score (nSPS) is 16.2. The van der Waals surface area contributed by atoms with E-state index in [1.807, 2.05) is 0 Å². The maximum atomic E-state index is 14.2. The predicted molar refractivity (Wildman–Crippen MR) is 82.8 cm³/mol. The van der Waals surface area contributed by atoms with Gasteiger partial charge in [0.2, 0.25) is 10.0 Å². The fourth-order valence-electron chi connectivity index (χ4n) is 3.24. The van der Waals surface area contributed by atoms with E-state index < -0.39 is 43.9 Å². The van der Waals surface area contributed by atoms with E-state index >= 15 is 0 Å². The molecule has 142 valence electrons. The summed E-state index contributed by atoms with van der Waals surface area (Å²) >= 11 is 0. The van der Waals surface area contributed by atoms with E-state index in [-0.39, 0.29) is 0 Å². The first-order valence-electron chi connectivity index (χ1n) is 8.00. The van der Waals surface area contributed by atoms with Gasteiger partial charge in [-0.3, -0.25) is 0 Å². The van der Waals surface area contributed by atoms with Gasteiger partial charge in [0, 0.05) is 0 Å². The first kappa shape index (κ1) is 18.8. The van der Waals surface area contributed by atoms with Crippen molar-refractivity contribution in [1.29, 1.82) is 0 Å². The number of aromatic nitrogens is 3. The standard InChI is InChI=1S/C15H16F4N4O2S/c16-10-12(18)15(26(20,24)25)13(19)11(17)14(10)23-7-9(21-22-23)6-8-4-2-1-3-5-8/h7-8H,1-6H2,(H2,20,24,25). The van der Waals surface area contributed by atoms with E-state index in [4.69, 9.17) is 0 Å². The summed E-state index contributed by atoms with van der Waals surface area (Å²) in [5, 5.41) is 11.9. The van der Waals surface area contributed by atoms with Crippen LogP contribution in [0.25, 0.3) is 5.69 Å². The molecule has 1 heterocycles. The average molecular weight is 392 g/mol. The van der Waals surface area contributed by atoms with Gasteiger partial charge in [-0.2, -0.15) is 0 Å². The second-order valence-corrected chi connectivity index (χ2v) is 7.84. The molecule has 1 aromatic heterocycles. The fraction of sp³-hybridized carbons (Fsp3) is 0.467. The molecule has 0 spiro atoms. The number of nitrogens with zero attached hydrogens (tertiary/aromatic N) is 3. The molecule has 1 fully saturated rings. The third-order valence-corrected chi connectivity index (χ3v) is 5.40. The molecule has 0 amide bonds. The van der Waals surface area contributed by atoms with Crippen molar-refractivity contribution in [3.63, 3.8) is 0 Å². The molecular weight excluding hydrogens is 376 g/mol. The Balaban J connectivity index is 2.00. The maximum absolute atomic E-state index is 14.2. The van der Waals surface area contributed by atoms with Crippen LogP contribution in [0, 0.1) is 29.2 Å². The summed E-state index contributed by atoms with van der Waals surface area (Å²) < 4.78 is 79.2. The first-order chi connectivity index (χ1) is 12.2. The number of benzene rings is 1. The molecule has 0 radical (unpaired) electrons. The number of sulfonamides is 1. The lowest BCUT2D eigenvalue weighted by molar-refractivity contribution is 0.354. The Morgan fingerprint density at radius 1 is 1.04 bits per heavy atom. The lowest BCUT2D eigenvalue weighted by atomic mass is 9.86. The van der Waals surface area contributed by atoms with Gasteiger partial charge in [0.25, 0.3) is 0 Å². The van der Waals surface area contributed by atoms with Gasteiger partial charge in [0.1, 0.15) is 5.69 Å². The number of hydrogen-bond donors (Lipinski definition) is 1. The van der Waals surface area contributed by atoms with Crippen LogP contribution < -0.4 is 5.14 Å². The maximum Gasteiger partial charge on any atom is 0.244 e. The van der Waals surface area contributed by atoms with Crippen LogP contribution in [0.1, 0.15) is 37.8 Å². The quantitative estimate of drug-likeness (QED) is 0.640. The zero-order chi connectivity index (χ0) is 19.1. The Kier molecular flexibility index (Phi) is 5.02. The molecule has 0 saturated heterocycles. The SMILES string of the molecule is NS(=O)(=O)c1c(F)c(F)c(-n2cc(CC3CCCCC3)nn2)c(F)c1F. The second-order valence-electron chi connectivity index (χ2n) is 6.34. The summed E-state index contributed by atoms with van der Waals surface area (Å²) in [6, 6.07) is 0. The Labute approximate surface area is 147 Å². The lowest BCUT2D eigenvalue weighted by Gasteiger charge is -2.19. The van der Waals surface area contributed by atoms with Crippen molar-refractivity contribution in [1.82, 2.24) is 15.0 Å². The highest BCUT2D eigenvalue weighted by atomic mass is 32.2. The van der Waals surface area contributed by atoms with Crippen LogP contribution in [0.4, 0.5) is 17.6 Å². The topological polar surface area (TPSA) is 90.9 Å². The van der Waals surface area contributed by atoms with E-state index in [0.29, 0.717) is 22.7 Å². The van der Waals surface area contributed by atoms with Crippen molar-refractivity contribution in [3.8, 4) is 5.69 Å². The highest BCUT2D eigenvalue weighted by Gasteiger charge is 2.32. The van der Waals surface area contributed by atoms with Gasteiger partial charge in [-0.1, -0.05) is 37.3 Å². The van der Waals surface area contributed by atoms with Gasteiger partial charge in [0.15, 0.2) is 28.2 Å². The molecule has 0 aliphatic heterocycles. The summed E-state index contributed by atoms with van der Waals surface area (Å²) in [4.78, 5) is -1.86. The number of halogens is 4. The Morgan fingerprint density at radius 2 is 1.62 bits per heavy atom. The van der Waals surface area contributed by atoms with Gasteiger partial charge >= 0.3 is 0 Å². The van der Waals surface area contributed by atoms with E-state index in [2.05, 4.69) is 15.5 Å². The zero-order valence-corrected chi connectivity index (χ0v) is 14.4. The van der Waals surface area contributed by atoms with Crippen LogP contribution in [0.15, 0.2) is 11.1 Å². The third-order valence-electron chi connectivity index (χ3n) is 4.48. The number of hydrogen-bond acceptors (Lipinski definition) is 4. The fourth-order valence-corrected chi connectivity index (χ4v) is 3.92. The third kappa shape index (κ3) is 3.45. The zero-order valence-electron chi connectivity index (χ0n) is 13.6. The summed E-state index contributed by atoms with van der Waals surface area (Å²) in [5.41, 5.74) is -0.762. The van der Waals surface area contributed by atoms with E-state index in [1.54, 1.807) is 0 Å². The smallest absolute Gasteiger partial charge is 0.224 e. The molecule has 0 unspecified atom stereocenters. The van der Waals surface area contributed by atoms with Crippen molar-refractivity contribution >= 4 is 10.0 Å². The number of nitrogens with two attached hydrogens (primary N) is 1. The van der Waals surface area contributed by atoms with Crippen molar-refractivity contribution in [3.05, 3.63) is 35.2 Å². The first-order valence-corrected chi connectivity index (χ1v) is 9.55. The molecule has 0 atom stereocenters. The van der Waals surface area contributed by atoms with Crippen LogP contribution in [-0.2, 0) is 16.4 Å². The average Bonchev–Trinajstić information content (AvgIpc) is 3.01. The minimum absolute atomic E-state index is 0.363. The molecule has 2 aromatic rings. The molecule has 0 bridgehead atoms. The lowest BCUT2D eigenvalue weighted by Crippen LogP contribution is -2.20. The van der Waals surface area contributed by atoms with Gasteiger partial charge in [-0.05, 0) is 12.3 Å². The minimum Gasteiger partial charge on any atom is -0.224 e. The number of primary sulfonamides is 1. The molecule has 26 heavy (non-hydrogen) atoms. The molecule has 6 nitrogen and oxygen atoms in total. The highest BCUT2D eigenvalue weighted by Crippen LogP contribution is 2.30. The van der Waals surface area contributed by atoms with Gasteiger partial charge < -0.3 is 0 Å². The molecule has 1 aliphatic rings.